The average Bonchev–Trinajstić information content (AvgIpc) is 2.85. The van der Waals surface area contributed by atoms with Crippen LogP contribution in [0.3, 0.4) is 0 Å². The molecule has 0 fully saturated rings. The van der Waals surface area contributed by atoms with E-state index in [2.05, 4.69) is 21.0 Å². The number of aromatic nitrogens is 2. The normalized spacial score (nSPS) is 13.8. The Morgan fingerprint density at radius 1 is 1.39 bits per heavy atom. The van der Waals surface area contributed by atoms with Gasteiger partial charge in [-0.05, 0) is 33.9 Å². The summed E-state index contributed by atoms with van der Waals surface area (Å²) in [6.45, 7) is 5.08. The fourth-order valence-electron chi connectivity index (χ4n) is 2.11. The number of hydrogen-bond acceptors (Lipinski definition) is 6. The Hall–Kier alpha value is -2.42. The van der Waals surface area contributed by atoms with Crippen LogP contribution in [-0.4, -0.2) is 47.4 Å². The summed E-state index contributed by atoms with van der Waals surface area (Å²) >= 11 is 0. The highest BCUT2D eigenvalue weighted by Crippen LogP contribution is 2.20. The minimum atomic E-state index is -1.37. The molecular weight excluding hydrogens is 302 g/mol. The molecule has 3 amide bonds. The molecule has 0 aliphatic heterocycles. The molecule has 1 aromatic rings. The Kier molecular flexibility index (Phi) is 5.85. The fraction of sp³-hybridized carbons (Fsp3) is 0.571. The number of alkyl carbamates (subject to hydrolysis) is 1. The molecule has 1 unspecified atom stereocenters. The molecule has 128 valence electrons. The molecule has 1 heterocycles. The number of aryl methyl sites for hydroxylation is 1. The van der Waals surface area contributed by atoms with Crippen molar-refractivity contribution in [2.75, 3.05) is 13.6 Å². The zero-order chi connectivity index (χ0) is 17.7. The van der Waals surface area contributed by atoms with Crippen LogP contribution < -0.4 is 16.0 Å². The van der Waals surface area contributed by atoms with Crippen LogP contribution in [0.25, 0.3) is 0 Å². The van der Waals surface area contributed by atoms with E-state index >= 15 is 0 Å². The molecule has 3 N–H and O–H groups in total. The Morgan fingerprint density at radius 2 is 2.04 bits per heavy atom. The van der Waals surface area contributed by atoms with Gasteiger partial charge in [-0.2, -0.15) is 5.10 Å². The van der Waals surface area contributed by atoms with E-state index in [1.54, 1.807) is 40.9 Å². The van der Waals surface area contributed by atoms with Gasteiger partial charge in [-0.25, -0.2) is 4.79 Å². The van der Waals surface area contributed by atoms with Crippen LogP contribution >= 0.6 is 0 Å². The summed E-state index contributed by atoms with van der Waals surface area (Å²) in [6, 6.07) is 1.62. The highest BCUT2D eigenvalue weighted by molar-refractivity contribution is 5.94. The van der Waals surface area contributed by atoms with Crippen molar-refractivity contribution >= 4 is 18.4 Å². The van der Waals surface area contributed by atoms with Gasteiger partial charge in [-0.15, -0.1) is 0 Å². The second-order valence-corrected chi connectivity index (χ2v) is 5.94. The molecule has 0 saturated heterocycles. The number of hydrogen-bond donors (Lipinski definition) is 3. The standard InChI is InChI=1S/C14H23N5O4/c1-13(2,3)23-12(22)16-8-14(15-4,11(21)17-9-20)10-6-7-18-19(10)5/h6-7,9,15H,8H2,1-5H3,(H,16,22)(H,17,20,21). The summed E-state index contributed by atoms with van der Waals surface area (Å²) in [7, 11) is 3.21. The van der Waals surface area contributed by atoms with Gasteiger partial charge in [0.05, 0.1) is 12.2 Å². The predicted octanol–water partition coefficient (Wildman–Crippen LogP) is -0.368. The van der Waals surface area contributed by atoms with Crippen LogP contribution in [0.1, 0.15) is 26.5 Å². The summed E-state index contributed by atoms with van der Waals surface area (Å²) in [5, 5.41) is 11.5. The smallest absolute Gasteiger partial charge is 0.407 e. The number of imide groups is 1. The lowest BCUT2D eigenvalue weighted by Gasteiger charge is -2.32. The zero-order valence-corrected chi connectivity index (χ0v) is 14.0. The van der Waals surface area contributed by atoms with Gasteiger partial charge in [0, 0.05) is 13.2 Å². The van der Waals surface area contributed by atoms with Crippen LogP contribution in [0.5, 0.6) is 0 Å². The lowest BCUT2D eigenvalue weighted by molar-refractivity contribution is -0.131. The predicted molar refractivity (Wildman–Crippen MR) is 82.4 cm³/mol. The third-order valence-electron chi connectivity index (χ3n) is 3.16. The van der Waals surface area contributed by atoms with Crippen LogP contribution in [0.4, 0.5) is 4.79 Å². The van der Waals surface area contributed by atoms with E-state index in [9.17, 15) is 14.4 Å². The maximum atomic E-state index is 12.4. The van der Waals surface area contributed by atoms with E-state index in [1.165, 1.54) is 10.9 Å². The van der Waals surface area contributed by atoms with Crippen molar-refractivity contribution < 1.29 is 19.1 Å². The molecule has 9 nitrogen and oxygen atoms in total. The third kappa shape index (κ3) is 4.52. The Bertz CT molecular complexity index is 578. The lowest BCUT2D eigenvalue weighted by Crippen LogP contribution is -2.60. The molecule has 0 aromatic carbocycles. The van der Waals surface area contributed by atoms with E-state index in [0.717, 1.165) is 0 Å². The number of rotatable bonds is 6. The summed E-state index contributed by atoms with van der Waals surface area (Å²) in [5.74, 6) is -0.616. The summed E-state index contributed by atoms with van der Waals surface area (Å²) in [5.41, 5.74) is -1.55. The summed E-state index contributed by atoms with van der Waals surface area (Å²) in [4.78, 5) is 34.9. The van der Waals surface area contributed by atoms with Crippen LogP contribution in [0, 0.1) is 0 Å². The summed E-state index contributed by atoms with van der Waals surface area (Å²) < 4.78 is 6.65. The van der Waals surface area contributed by atoms with E-state index in [0.29, 0.717) is 5.69 Å². The Labute approximate surface area is 134 Å². The van der Waals surface area contributed by atoms with Gasteiger partial charge in [-0.3, -0.25) is 24.9 Å². The van der Waals surface area contributed by atoms with Gasteiger partial charge < -0.3 is 10.1 Å². The molecule has 9 heteroatoms. The average molecular weight is 325 g/mol. The highest BCUT2D eigenvalue weighted by atomic mass is 16.6. The number of likely N-dealkylation sites (N-methyl/N-ethyl adjacent to an activating group) is 1. The SMILES string of the molecule is CNC(CNC(=O)OC(C)(C)C)(C(=O)NC=O)c1ccnn1C. The lowest BCUT2D eigenvalue weighted by atomic mass is 9.93. The van der Waals surface area contributed by atoms with Gasteiger partial charge in [0.1, 0.15) is 5.60 Å². The quantitative estimate of drug-likeness (QED) is 0.615. The number of carbonyl (C=O) groups excluding carboxylic acids is 3. The molecular formula is C14H23N5O4. The van der Waals surface area contributed by atoms with E-state index in [-0.39, 0.29) is 13.0 Å². The first-order valence-corrected chi connectivity index (χ1v) is 7.05. The molecule has 1 rings (SSSR count). The molecule has 0 saturated carbocycles. The largest absolute Gasteiger partial charge is 0.444 e. The van der Waals surface area contributed by atoms with E-state index in [1.807, 2.05) is 0 Å². The molecule has 1 atom stereocenters. The number of ether oxygens (including phenoxy) is 1. The van der Waals surface area contributed by atoms with Crippen molar-refractivity contribution in [2.24, 2.45) is 7.05 Å². The molecule has 0 radical (unpaired) electrons. The van der Waals surface area contributed by atoms with Crippen molar-refractivity contribution in [3.8, 4) is 0 Å². The first-order valence-electron chi connectivity index (χ1n) is 7.05. The monoisotopic (exact) mass is 325 g/mol. The van der Waals surface area contributed by atoms with Crippen molar-refractivity contribution in [3.63, 3.8) is 0 Å². The topological polar surface area (TPSA) is 114 Å². The Morgan fingerprint density at radius 3 is 2.48 bits per heavy atom. The summed E-state index contributed by atoms with van der Waals surface area (Å²) in [6.07, 6.45) is 1.14. The van der Waals surface area contributed by atoms with Crippen LogP contribution in [0.15, 0.2) is 12.3 Å². The molecule has 0 spiro atoms. The van der Waals surface area contributed by atoms with Crippen LogP contribution in [-0.2, 0) is 26.9 Å². The van der Waals surface area contributed by atoms with Gasteiger partial charge in [0.15, 0.2) is 5.54 Å². The Balaban J connectivity index is 3.05. The highest BCUT2D eigenvalue weighted by Gasteiger charge is 2.42. The molecule has 0 aliphatic carbocycles. The number of nitrogens with zero attached hydrogens (tertiary/aromatic N) is 2. The van der Waals surface area contributed by atoms with E-state index < -0.39 is 23.1 Å². The molecule has 1 aromatic heterocycles. The van der Waals surface area contributed by atoms with E-state index in [4.69, 9.17) is 4.74 Å². The van der Waals surface area contributed by atoms with Gasteiger partial charge in [-0.1, -0.05) is 0 Å². The molecule has 0 aliphatic rings. The number of carbonyl (C=O) groups is 3. The minimum absolute atomic E-state index is 0.127. The third-order valence-corrected chi connectivity index (χ3v) is 3.16. The maximum Gasteiger partial charge on any atom is 0.407 e. The van der Waals surface area contributed by atoms with Gasteiger partial charge >= 0.3 is 6.09 Å². The van der Waals surface area contributed by atoms with Crippen LogP contribution in [0.2, 0.25) is 0 Å². The first-order chi connectivity index (χ1) is 10.7. The van der Waals surface area contributed by atoms with Crippen molar-refractivity contribution in [2.45, 2.75) is 31.9 Å². The number of amides is 3. The zero-order valence-electron chi connectivity index (χ0n) is 14.0. The molecule has 0 bridgehead atoms. The number of nitrogens with one attached hydrogen (secondary N) is 3. The second kappa shape index (κ2) is 7.23. The minimum Gasteiger partial charge on any atom is -0.444 e. The molecule has 23 heavy (non-hydrogen) atoms. The first kappa shape index (κ1) is 18.6. The van der Waals surface area contributed by atoms with Gasteiger partial charge in [0.2, 0.25) is 6.41 Å². The van der Waals surface area contributed by atoms with Gasteiger partial charge in [0.25, 0.3) is 5.91 Å². The second-order valence-electron chi connectivity index (χ2n) is 5.94. The van der Waals surface area contributed by atoms with Crippen molar-refractivity contribution in [1.29, 1.82) is 0 Å². The van der Waals surface area contributed by atoms with Crippen molar-refractivity contribution in [3.05, 3.63) is 18.0 Å². The fourth-order valence-corrected chi connectivity index (χ4v) is 2.11. The maximum absolute atomic E-state index is 12.4. The van der Waals surface area contributed by atoms with Crippen molar-refractivity contribution in [1.82, 2.24) is 25.7 Å².